The fourth-order valence-corrected chi connectivity index (χ4v) is 0.617. The fourth-order valence-electron chi connectivity index (χ4n) is 0.617. The Labute approximate surface area is 91.0 Å². The first-order valence-electron chi connectivity index (χ1n) is 4.09. The van der Waals surface area contributed by atoms with Gasteiger partial charge >= 0.3 is 24.0 Å². The molecule has 0 aliphatic rings. The molecule has 0 N–H and O–H groups in total. The maximum absolute atomic E-state index is 12.5. The van der Waals surface area contributed by atoms with Crippen molar-refractivity contribution in [1.82, 2.24) is 0 Å². The molecule has 0 aliphatic carbocycles. The monoisotopic (exact) mass is 268 g/mol. The van der Waals surface area contributed by atoms with Crippen LogP contribution in [0.1, 0.15) is 6.92 Å². The molecule has 0 amide bonds. The zero-order valence-corrected chi connectivity index (χ0v) is 8.32. The van der Waals surface area contributed by atoms with E-state index in [1.165, 1.54) is 13.0 Å². The Hall–Kier alpha value is -1.28. The second-order valence-corrected chi connectivity index (χ2v) is 2.81. The highest BCUT2D eigenvalue weighted by Gasteiger charge is 2.77. The van der Waals surface area contributed by atoms with Crippen molar-refractivity contribution in [1.29, 1.82) is 0 Å². The minimum atomic E-state index is -6.55. The van der Waals surface area contributed by atoms with Gasteiger partial charge in [0.1, 0.15) is 6.61 Å². The van der Waals surface area contributed by atoms with Gasteiger partial charge in [-0.1, -0.05) is 12.2 Å². The van der Waals surface area contributed by atoms with Crippen LogP contribution >= 0.6 is 0 Å². The van der Waals surface area contributed by atoms with Gasteiger partial charge in [-0.05, 0) is 6.92 Å². The van der Waals surface area contributed by atoms with Crippen LogP contribution in [0.25, 0.3) is 0 Å². The highest BCUT2D eigenvalue weighted by atomic mass is 19.4. The van der Waals surface area contributed by atoms with Crippen molar-refractivity contribution in [2.75, 3.05) is 6.61 Å². The number of carbonyl (C=O) groups is 1. The lowest BCUT2D eigenvalue weighted by molar-refractivity contribution is -0.348. The van der Waals surface area contributed by atoms with Gasteiger partial charge in [-0.2, -0.15) is 30.7 Å². The SMILES string of the molecule is C/C=C/COC(=O)C(F)(F)C(F)(F)C(F)(F)F. The summed E-state index contributed by atoms with van der Waals surface area (Å²) in [6.07, 6.45) is -4.33. The van der Waals surface area contributed by atoms with E-state index in [0.717, 1.165) is 6.08 Å². The van der Waals surface area contributed by atoms with Gasteiger partial charge < -0.3 is 4.74 Å². The number of ether oxygens (including phenoxy) is 1. The minimum absolute atomic E-state index is 0.821. The van der Waals surface area contributed by atoms with Gasteiger partial charge in [0, 0.05) is 0 Å². The molecule has 0 aliphatic heterocycles. The van der Waals surface area contributed by atoms with Crippen LogP contribution < -0.4 is 0 Å². The molecule has 0 aromatic rings. The summed E-state index contributed by atoms with van der Waals surface area (Å²) in [7, 11) is 0. The van der Waals surface area contributed by atoms with Crippen LogP contribution in [-0.4, -0.2) is 30.6 Å². The van der Waals surface area contributed by atoms with Crippen molar-refractivity contribution in [3.8, 4) is 0 Å². The first kappa shape index (κ1) is 15.7. The normalized spacial score (nSPS) is 14.1. The smallest absolute Gasteiger partial charge is 0.457 e. The molecule has 0 unspecified atom stereocenters. The summed E-state index contributed by atoms with van der Waals surface area (Å²) >= 11 is 0. The average Bonchev–Trinajstić information content (AvgIpc) is 2.15. The molecule has 2 nitrogen and oxygen atoms in total. The van der Waals surface area contributed by atoms with E-state index in [0.29, 0.717) is 0 Å². The van der Waals surface area contributed by atoms with Gasteiger partial charge in [0.2, 0.25) is 0 Å². The minimum Gasteiger partial charge on any atom is -0.457 e. The number of rotatable bonds is 4. The lowest BCUT2D eigenvalue weighted by Gasteiger charge is -2.26. The van der Waals surface area contributed by atoms with Gasteiger partial charge in [-0.3, -0.25) is 0 Å². The van der Waals surface area contributed by atoms with E-state index in [4.69, 9.17) is 0 Å². The number of allylic oxidation sites excluding steroid dienone is 1. The molecule has 0 heterocycles. The third-order valence-electron chi connectivity index (χ3n) is 1.55. The van der Waals surface area contributed by atoms with Crippen molar-refractivity contribution >= 4 is 5.97 Å². The Morgan fingerprint density at radius 2 is 1.59 bits per heavy atom. The Bertz CT molecular complexity index is 305. The van der Waals surface area contributed by atoms with Crippen molar-refractivity contribution in [2.24, 2.45) is 0 Å². The van der Waals surface area contributed by atoms with Crippen LogP contribution in [0.2, 0.25) is 0 Å². The zero-order chi connectivity index (χ0) is 13.9. The molecule has 0 atom stereocenters. The molecule has 9 heteroatoms. The number of carbonyl (C=O) groups excluding carboxylic acids is 1. The molecule has 0 aromatic carbocycles. The molecule has 0 radical (unpaired) electrons. The predicted molar refractivity (Wildman–Crippen MR) is 41.7 cm³/mol. The van der Waals surface area contributed by atoms with Crippen LogP contribution in [0.4, 0.5) is 30.7 Å². The Kier molecular flexibility index (Phi) is 4.55. The van der Waals surface area contributed by atoms with Crippen molar-refractivity contribution in [3.05, 3.63) is 12.2 Å². The summed E-state index contributed by atoms with van der Waals surface area (Å²) < 4.78 is 88.1. The fraction of sp³-hybridized carbons (Fsp3) is 0.625. The molecular formula is C8H7F7O2. The summed E-state index contributed by atoms with van der Waals surface area (Å²) in [5.41, 5.74) is 0. The molecule has 0 saturated carbocycles. The molecule has 17 heavy (non-hydrogen) atoms. The highest BCUT2D eigenvalue weighted by Crippen LogP contribution is 2.46. The molecular weight excluding hydrogens is 261 g/mol. The van der Waals surface area contributed by atoms with E-state index in [1.54, 1.807) is 0 Å². The van der Waals surface area contributed by atoms with Gasteiger partial charge in [0.05, 0.1) is 0 Å². The van der Waals surface area contributed by atoms with Crippen LogP contribution in [0.3, 0.4) is 0 Å². The number of hydrogen-bond acceptors (Lipinski definition) is 2. The average molecular weight is 268 g/mol. The Morgan fingerprint density at radius 1 is 1.12 bits per heavy atom. The second-order valence-electron chi connectivity index (χ2n) is 2.81. The summed E-state index contributed by atoms with van der Waals surface area (Å²) in [5, 5.41) is 0. The van der Waals surface area contributed by atoms with E-state index < -0.39 is 30.6 Å². The maximum atomic E-state index is 12.5. The molecule has 0 bridgehead atoms. The number of esters is 1. The Balaban J connectivity index is 4.94. The Morgan fingerprint density at radius 3 is 1.94 bits per heavy atom. The quantitative estimate of drug-likeness (QED) is 0.445. The van der Waals surface area contributed by atoms with E-state index in [9.17, 15) is 35.5 Å². The largest absolute Gasteiger partial charge is 0.460 e. The molecule has 0 saturated heterocycles. The maximum Gasteiger partial charge on any atom is 0.460 e. The molecule has 100 valence electrons. The summed E-state index contributed by atoms with van der Waals surface area (Å²) in [6, 6.07) is 0. The second kappa shape index (κ2) is 4.92. The lowest BCUT2D eigenvalue weighted by Crippen LogP contribution is -2.56. The van der Waals surface area contributed by atoms with Crippen molar-refractivity contribution in [2.45, 2.75) is 24.9 Å². The van der Waals surface area contributed by atoms with Crippen LogP contribution in [-0.2, 0) is 9.53 Å². The van der Waals surface area contributed by atoms with Crippen LogP contribution in [0.5, 0.6) is 0 Å². The third kappa shape index (κ3) is 3.10. The number of halogens is 7. The van der Waals surface area contributed by atoms with Gasteiger partial charge in [0.15, 0.2) is 0 Å². The molecule has 0 aromatic heterocycles. The van der Waals surface area contributed by atoms with Crippen LogP contribution in [0, 0.1) is 0 Å². The van der Waals surface area contributed by atoms with Gasteiger partial charge in [-0.15, -0.1) is 0 Å². The van der Waals surface area contributed by atoms with E-state index >= 15 is 0 Å². The first-order chi connectivity index (χ1) is 7.48. The van der Waals surface area contributed by atoms with Crippen molar-refractivity contribution in [3.63, 3.8) is 0 Å². The predicted octanol–water partition coefficient (Wildman–Crippen LogP) is 2.94. The third-order valence-corrected chi connectivity index (χ3v) is 1.55. The number of hydrogen-bond donors (Lipinski definition) is 0. The lowest BCUT2D eigenvalue weighted by atomic mass is 10.1. The molecule has 0 fully saturated rings. The standard InChI is InChI=1S/C8H7F7O2/c1-2-3-4-17-5(16)6(9,10)7(11,12)8(13,14)15/h2-3H,4H2,1H3/b3-2+. The first-order valence-corrected chi connectivity index (χ1v) is 4.09. The topological polar surface area (TPSA) is 26.3 Å². The van der Waals surface area contributed by atoms with Crippen LogP contribution in [0.15, 0.2) is 12.2 Å². The van der Waals surface area contributed by atoms with E-state index in [-0.39, 0.29) is 0 Å². The number of alkyl halides is 7. The summed E-state index contributed by atoms with van der Waals surface area (Å²) in [6.45, 7) is 0.579. The highest BCUT2D eigenvalue weighted by molar-refractivity contribution is 5.79. The molecule has 0 rings (SSSR count). The summed E-state index contributed by atoms with van der Waals surface area (Å²) in [4.78, 5) is 10.4. The summed E-state index contributed by atoms with van der Waals surface area (Å²) in [5.74, 6) is -15.4. The van der Waals surface area contributed by atoms with E-state index in [1.807, 2.05) is 0 Å². The van der Waals surface area contributed by atoms with Crippen molar-refractivity contribution < 1.29 is 40.3 Å². The molecule has 0 spiro atoms. The van der Waals surface area contributed by atoms with Gasteiger partial charge in [-0.25, -0.2) is 4.79 Å². The van der Waals surface area contributed by atoms with E-state index in [2.05, 4.69) is 4.74 Å². The van der Waals surface area contributed by atoms with Gasteiger partial charge in [0.25, 0.3) is 0 Å². The zero-order valence-electron chi connectivity index (χ0n) is 8.32.